The van der Waals surface area contributed by atoms with Crippen molar-refractivity contribution in [1.29, 1.82) is 0 Å². The zero-order valence-electron chi connectivity index (χ0n) is 12.5. The number of anilines is 1. The fourth-order valence-electron chi connectivity index (χ4n) is 3.96. The third kappa shape index (κ3) is 1.97. The van der Waals surface area contributed by atoms with Crippen LogP contribution in [0.3, 0.4) is 0 Å². The predicted octanol–water partition coefficient (Wildman–Crippen LogP) is 3.30. The van der Waals surface area contributed by atoms with Gasteiger partial charge < -0.3 is 10.1 Å². The second-order valence-corrected chi connectivity index (χ2v) is 6.73. The summed E-state index contributed by atoms with van der Waals surface area (Å²) < 4.78 is 5.85. The molecule has 21 heavy (non-hydrogen) atoms. The number of aromatic amines is 1. The zero-order valence-corrected chi connectivity index (χ0v) is 12.5. The maximum atomic E-state index is 5.85. The van der Waals surface area contributed by atoms with E-state index in [0.717, 1.165) is 17.9 Å². The normalized spacial score (nSPS) is 29.7. The summed E-state index contributed by atoms with van der Waals surface area (Å²) in [5.41, 5.74) is 3.60. The van der Waals surface area contributed by atoms with Crippen molar-refractivity contribution in [2.75, 3.05) is 11.9 Å². The number of benzene rings is 1. The first-order valence-corrected chi connectivity index (χ1v) is 7.64. The molecule has 0 radical (unpaired) electrons. The molecule has 110 valence electrons. The van der Waals surface area contributed by atoms with Crippen LogP contribution in [-0.4, -0.2) is 29.0 Å². The molecule has 2 fully saturated rings. The molecular formula is C17H21N3O. The van der Waals surface area contributed by atoms with Gasteiger partial charge in [-0.3, -0.25) is 5.10 Å². The van der Waals surface area contributed by atoms with Gasteiger partial charge in [-0.1, -0.05) is 26.0 Å². The van der Waals surface area contributed by atoms with Crippen molar-refractivity contribution in [3.05, 3.63) is 36.5 Å². The largest absolute Gasteiger partial charge is 0.381 e. The molecule has 4 nitrogen and oxygen atoms in total. The van der Waals surface area contributed by atoms with Gasteiger partial charge in [-0.15, -0.1) is 0 Å². The predicted molar refractivity (Wildman–Crippen MR) is 83.1 cm³/mol. The first-order valence-electron chi connectivity index (χ1n) is 7.64. The molecule has 0 spiro atoms. The van der Waals surface area contributed by atoms with Crippen LogP contribution in [0.5, 0.6) is 0 Å². The van der Waals surface area contributed by atoms with Crippen LogP contribution in [0.25, 0.3) is 11.3 Å². The highest BCUT2D eigenvalue weighted by Gasteiger charge is 2.59. The van der Waals surface area contributed by atoms with E-state index in [4.69, 9.17) is 4.74 Å². The highest BCUT2D eigenvalue weighted by Crippen LogP contribution is 2.53. The number of aromatic nitrogens is 2. The van der Waals surface area contributed by atoms with E-state index in [1.807, 2.05) is 6.07 Å². The van der Waals surface area contributed by atoms with Gasteiger partial charge in [0.1, 0.15) is 0 Å². The minimum Gasteiger partial charge on any atom is -0.381 e. The minimum atomic E-state index is 0.212. The number of hydrogen-bond donors (Lipinski definition) is 2. The fourth-order valence-corrected chi connectivity index (χ4v) is 3.96. The average Bonchev–Trinajstić information content (AvgIpc) is 3.16. The SMILES string of the molecule is CC1(C)C(Nc2ccc(-c3ccn[nH]3)cc2)C2CCOC21. The molecule has 2 aromatic rings. The Morgan fingerprint density at radius 1 is 1.24 bits per heavy atom. The number of nitrogens with zero attached hydrogens (tertiary/aromatic N) is 1. The molecule has 1 saturated carbocycles. The van der Waals surface area contributed by atoms with Gasteiger partial charge in [0.2, 0.25) is 0 Å². The topological polar surface area (TPSA) is 49.9 Å². The fraction of sp³-hybridized carbons (Fsp3) is 0.471. The summed E-state index contributed by atoms with van der Waals surface area (Å²) in [6.45, 7) is 5.52. The molecule has 3 atom stereocenters. The Kier molecular flexibility index (Phi) is 2.82. The smallest absolute Gasteiger partial charge is 0.0694 e. The number of rotatable bonds is 3. The molecule has 2 aliphatic rings. The van der Waals surface area contributed by atoms with E-state index in [1.165, 1.54) is 12.1 Å². The van der Waals surface area contributed by atoms with Gasteiger partial charge in [-0.2, -0.15) is 5.10 Å². The van der Waals surface area contributed by atoms with Crippen molar-refractivity contribution in [3.8, 4) is 11.3 Å². The first kappa shape index (κ1) is 12.9. The summed E-state index contributed by atoms with van der Waals surface area (Å²) in [6.07, 6.45) is 3.38. The second-order valence-electron chi connectivity index (χ2n) is 6.73. The summed E-state index contributed by atoms with van der Waals surface area (Å²) >= 11 is 0. The van der Waals surface area contributed by atoms with Crippen LogP contribution in [-0.2, 0) is 4.74 Å². The number of hydrogen-bond acceptors (Lipinski definition) is 3. The van der Waals surface area contributed by atoms with Crippen molar-refractivity contribution < 1.29 is 4.74 Å². The lowest BCUT2D eigenvalue weighted by Crippen LogP contribution is -2.63. The Bertz CT molecular complexity index is 618. The van der Waals surface area contributed by atoms with Gasteiger partial charge in [0.05, 0.1) is 11.8 Å². The van der Waals surface area contributed by atoms with Crippen LogP contribution in [0.15, 0.2) is 36.5 Å². The third-order valence-corrected chi connectivity index (χ3v) is 5.12. The van der Waals surface area contributed by atoms with Gasteiger partial charge in [0.15, 0.2) is 0 Å². The molecule has 1 aromatic carbocycles. The maximum absolute atomic E-state index is 5.85. The van der Waals surface area contributed by atoms with E-state index >= 15 is 0 Å². The zero-order chi connectivity index (χ0) is 14.4. The van der Waals surface area contributed by atoms with Gasteiger partial charge in [0, 0.05) is 35.9 Å². The number of fused-ring (bicyclic) bond motifs is 1. The lowest BCUT2D eigenvalue weighted by molar-refractivity contribution is -0.0923. The Labute approximate surface area is 124 Å². The lowest BCUT2D eigenvalue weighted by atomic mass is 9.57. The Hall–Kier alpha value is -1.81. The second kappa shape index (κ2) is 4.60. The van der Waals surface area contributed by atoms with Gasteiger partial charge in [0.25, 0.3) is 0 Å². The van der Waals surface area contributed by atoms with Crippen molar-refractivity contribution in [3.63, 3.8) is 0 Å². The Morgan fingerprint density at radius 3 is 2.76 bits per heavy atom. The van der Waals surface area contributed by atoms with E-state index in [9.17, 15) is 0 Å². The summed E-state index contributed by atoms with van der Waals surface area (Å²) in [7, 11) is 0. The molecule has 2 heterocycles. The Balaban J connectivity index is 1.50. The summed E-state index contributed by atoms with van der Waals surface area (Å²) in [6, 6.07) is 11.0. The summed E-state index contributed by atoms with van der Waals surface area (Å²) in [5.74, 6) is 0.660. The van der Waals surface area contributed by atoms with Crippen LogP contribution in [0.4, 0.5) is 5.69 Å². The molecular weight excluding hydrogens is 262 g/mol. The van der Waals surface area contributed by atoms with E-state index in [1.54, 1.807) is 6.20 Å². The summed E-state index contributed by atoms with van der Waals surface area (Å²) in [5, 5.41) is 10.7. The number of H-pyrrole nitrogens is 1. The lowest BCUT2D eigenvalue weighted by Gasteiger charge is -2.55. The Morgan fingerprint density at radius 2 is 2.05 bits per heavy atom. The first-order chi connectivity index (χ1) is 10.2. The van der Waals surface area contributed by atoms with Crippen molar-refractivity contribution in [1.82, 2.24) is 10.2 Å². The molecule has 1 aliphatic carbocycles. The van der Waals surface area contributed by atoms with Crippen LogP contribution in [0.2, 0.25) is 0 Å². The summed E-state index contributed by atoms with van der Waals surface area (Å²) in [4.78, 5) is 0. The van der Waals surface area contributed by atoms with Crippen molar-refractivity contribution in [2.24, 2.45) is 11.3 Å². The van der Waals surface area contributed by atoms with E-state index < -0.39 is 0 Å². The molecule has 2 N–H and O–H groups in total. The van der Waals surface area contributed by atoms with Crippen LogP contribution in [0, 0.1) is 11.3 Å². The van der Waals surface area contributed by atoms with E-state index in [-0.39, 0.29) is 5.41 Å². The minimum absolute atomic E-state index is 0.212. The van der Waals surface area contributed by atoms with Crippen LogP contribution >= 0.6 is 0 Å². The third-order valence-electron chi connectivity index (χ3n) is 5.12. The molecule has 4 heteroatoms. The quantitative estimate of drug-likeness (QED) is 0.908. The molecule has 3 unspecified atom stereocenters. The number of ether oxygens (including phenoxy) is 1. The molecule has 1 saturated heterocycles. The number of nitrogens with one attached hydrogen (secondary N) is 2. The van der Waals surface area contributed by atoms with Crippen LogP contribution in [0.1, 0.15) is 20.3 Å². The maximum Gasteiger partial charge on any atom is 0.0694 e. The van der Waals surface area contributed by atoms with E-state index in [2.05, 4.69) is 53.6 Å². The highest BCUT2D eigenvalue weighted by atomic mass is 16.5. The van der Waals surface area contributed by atoms with Crippen molar-refractivity contribution in [2.45, 2.75) is 32.4 Å². The highest BCUT2D eigenvalue weighted by molar-refractivity contribution is 5.62. The molecule has 0 bridgehead atoms. The molecule has 4 rings (SSSR count). The van der Waals surface area contributed by atoms with Gasteiger partial charge in [-0.25, -0.2) is 0 Å². The monoisotopic (exact) mass is 283 g/mol. The van der Waals surface area contributed by atoms with Gasteiger partial charge >= 0.3 is 0 Å². The van der Waals surface area contributed by atoms with E-state index in [0.29, 0.717) is 18.1 Å². The van der Waals surface area contributed by atoms with Crippen molar-refractivity contribution >= 4 is 5.69 Å². The molecule has 0 amide bonds. The standard InChI is InChI=1S/C17H21N3O/c1-17(2)15(13-8-10-21-16(13)17)19-12-5-3-11(4-6-12)14-7-9-18-20-14/h3-7,9,13,15-16,19H,8,10H2,1-2H3,(H,18,20). The van der Waals surface area contributed by atoms with Crippen LogP contribution < -0.4 is 5.32 Å². The molecule has 1 aliphatic heterocycles. The molecule has 1 aromatic heterocycles. The average molecular weight is 283 g/mol. The van der Waals surface area contributed by atoms with Gasteiger partial charge in [-0.05, 0) is 30.2 Å².